The maximum Gasteiger partial charge on any atom is 0.339 e. The van der Waals surface area contributed by atoms with Gasteiger partial charge in [-0.3, -0.25) is 0 Å². The molecular formula is C16H21NO2. The number of nitrogens with zero attached hydrogens (tertiary/aromatic N) is 1. The van der Waals surface area contributed by atoms with Gasteiger partial charge in [0.15, 0.2) is 0 Å². The molecular weight excluding hydrogens is 238 g/mol. The first kappa shape index (κ1) is 13.7. The normalized spacial score (nSPS) is 16.7. The largest absolute Gasteiger partial charge is 0.465 e. The smallest absolute Gasteiger partial charge is 0.339 e. The van der Waals surface area contributed by atoms with Crippen LogP contribution in [0.1, 0.15) is 43.6 Å². The molecule has 0 amide bonds. The lowest BCUT2D eigenvalue weighted by Gasteiger charge is -2.43. The molecule has 0 bridgehead atoms. The lowest BCUT2D eigenvalue weighted by Crippen LogP contribution is -2.45. The Morgan fingerprint density at radius 3 is 2.63 bits per heavy atom. The van der Waals surface area contributed by atoms with Crippen molar-refractivity contribution in [3.63, 3.8) is 0 Å². The van der Waals surface area contributed by atoms with Gasteiger partial charge in [-0.15, -0.1) is 0 Å². The third-order valence-electron chi connectivity index (χ3n) is 3.72. The minimum absolute atomic E-state index is 0.101. The topological polar surface area (TPSA) is 29.5 Å². The Hall–Kier alpha value is -1.77. The summed E-state index contributed by atoms with van der Waals surface area (Å²) < 4.78 is 4.91. The van der Waals surface area contributed by atoms with Gasteiger partial charge in [-0.2, -0.15) is 0 Å². The molecule has 0 fully saturated rings. The van der Waals surface area contributed by atoms with Crippen molar-refractivity contribution < 1.29 is 9.53 Å². The molecule has 0 saturated heterocycles. The summed E-state index contributed by atoms with van der Waals surface area (Å²) in [4.78, 5) is 14.2. The summed E-state index contributed by atoms with van der Waals surface area (Å²) in [5.41, 5.74) is 3.85. The van der Waals surface area contributed by atoms with Gasteiger partial charge in [0.25, 0.3) is 0 Å². The molecule has 0 radical (unpaired) electrons. The summed E-state index contributed by atoms with van der Waals surface area (Å²) in [5.74, 6) is -0.277. The van der Waals surface area contributed by atoms with Crippen LogP contribution in [0.2, 0.25) is 0 Å². The number of hydrogen-bond donors (Lipinski definition) is 0. The fourth-order valence-corrected chi connectivity index (χ4v) is 2.97. The van der Waals surface area contributed by atoms with Gasteiger partial charge in [0, 0.05) is 12.1 Å². The van der Waals surface area contributed by atoms with Gasteiger partial charge in [0.1, 0.15) is 0 Å². The predicted molar refractivity (Wildman–Crippen MR) is 78.5 cm³/mol. The van der Waals surface area contributed by atoms with Crippen LogP contribution in [0.25, 0.3) is 5.57 Å². The molecule has 0 atom stereocenters. The van der Waals surface area contributed by atoms with Crippen LogP contribution in [0.3, 0.4) is 0 Å². The Morgan fingerprint density at radius 1 is 1.37 bits per heavy atom. The minimum atomic E-state index is -0.277. The van der Waals surface area contributed by atoms with Gasteiger partial charge in [0.2, 0.25) is 0 Å². The first-order valence-electron chi connectivity index (χ1n) is 6.61. The number of likely N-dealkylation sites (N-methyl/N-ethyl adjacent to an activating group) is 1. The van der Waals surface area contributed by atoms with E-state index in [-0.39, 0.29) is 11.5 Å². The van der Waals surface area contributed by atoms with E-state index < -0.39 is 0 Å². The zero-order valence-electron chi connectivity index (χ0n) is 12.3. The van der Waals surface area contributed by atoms with Crippen molar-refractivity contribution in [3.8, 4) is 0 Å². The van der Waals surface area contributed by atoms with Crippen LogP contribution in [0.4, 0.5) is 5.69 Å². The second-order valence-corrected chi connectivity index (χ2v) is 5.42. The number of carbonyl (C=O) groups is 1. The molecule has 3 heteroatoms. The molecule has 0 unspecified atom stereocenters. The highest BCUT2D eigenvalue weighted by Crippen LogP contribution is 2.40. The molecule has 1 aliphatic rings. The maximum atomic E-state index is 12.0. The molecule has 1 aliphatic heterocycles. The molecule has 1 aromatic carbocycles. The second-order valence-electron chi connectivity index (χ2n) is 5.42. The van der Waals surface area contributed by atoms with E-state index in [2.05, 4.69) is 44.7 Å². The fraction of sp³-hybridized carbons (Fsp3) is 0.438. The summed E-state index contributed by atoms with van der Waals surface area (Å²) >= 11 is 0. The molecule has 0 aliphatic carbocycles. The molecule has 102 valence electrons. The molecule has 1 aromatic rings. The van der Waals surface area contributed by atoms with Gasteiger partial charge in [-0.05, 0) is 39.3 Å². The first-order chi connectivity index (χ1) is 8.92. The van der Waals surface area contributed by atoms with Crippen molar-refractivity contribution in [1.29, 1.82) is 0 Å². The van der Waals surface area contributed by atoms with E-state index in [0.717, 1.165) is 17.8 Å². The number of anilines is 1. The predicted octanol–water partition coefficient (Wildman–Crippen LogP) is 3.50. The Balaban J connectivity index is 2.72. The Kier molecular flexibility index (Phi) is 3.40. The maximum absolute atomic E-state index is 12.0. The van der Waals surface area contributed by atoms with Crippen LogP contribution >= 0.6 is 0 Å². The van der Waals surface area contributed by atoms with Gasteiger partial charge < -0.3 is 9.64 Å². The van der Waals surface area contributed by atoms with Gasteiger partial charge in [-0.1, -0.05) is 18.2 Å². The summed E-state index contributed by atoms with van der Waals surface area (Å²) in [7, 11) is 1.43. The van der Waals surface area contributed by atoms with E-state index in [1.165, 1.54) is 12.7 Å². The Bertz CT molecular complexity index is 544. The zero-order chi connectivity index (χ0) is 14.2. The highest BCUT2D eigenvalue weighted by molar-refractivity contribution is 6.00. The highest BCUT2D eigenvalue weighted by Gasteiger charge is 2.33. The number of allylic oxidation sites excluding steroid dienone is 1. The molecule has 1 heterocycles. The van der Waals surface area contributed by atoms with Crippen LogP contribution in [-0.2, 0) is 4.74 Å². The van der Waals surface area contributed by atoms with E-state index in [1.807, 2.05) is 12.1 Å². The summed E-state index contributed by atoms with van der Waals surface area (Å²) in [5, 5.41) is 0. The van der Waals surface area contributed by atoms with Crippen molar-refractivity contribution in [1.82, 2.24) is 0 Å². The standard InChI is InChI=1S/C16H21NO2/c1-6-17-14-12(11(2)10-16(17,3)4)8-7-9-13(14)15(18)19-5/h7-10H,6H2,1-5H3. The number of esters is 1. The molecule has 0 spiro atoms. The van der Waals surface area contributed by atoms with Crippen LogP contribution < -0.4 is 4.90 Å². The third-order valence-corrected chi connectivity index (χ3v) is 3.72. The monoisotopic (exact) mass is 259 g/mol. The molecule has 2 rings (SSSR count). The number of para-hydroxylation sites is 1. The SMILES string of the molecule is CCN1c2c(C(=O)OC)cccc2C(C)=CC1(C)C. The summed E-state index contributed by atoms with van der Waals surface area (Å²) in [6.07, 6.45) is 2.25. The Morgan fingerprint density at radius 2 is 2.05 bits per heavy atom. The lowest BCUT2D eigenvalue weighted by atomic mass is 9.87. The number of benzene rings is 1. The van der Waals surface area contributed by atoms with E-state index in [1.54, 1.807) is 0 Å². The van der Waals surface area contributed by atoms with E-state index in [0.29, 0.717) is 5.56 Å². The van der Waals surface area contributed by atoms with E-state index >= 15 is 0 Å². The third kappa shape index (κ3) is 2.14. The summed E-state index contributed by atoms with van der Waals surface area (Å²) in [6.45, 7) is 9.37. The quantitative estimate of drug-likeness (QED) is 0.761. The Labute approximate surface area is 114 Å². The van der Waals surface area contributed by atoms with Crippen LogP contribution in [-0.4, -0.2) is 25.2 Å². The van der Waals surface area contributed by atoms with Gasteiger partial charge >= 0.3 is 5.97 Å². The molecule has 0 aromatic heterocycles. The number of rotatable bonds is 2. The average molecular weight is 259 g/mol. The van der Waals surface area contributed by atoms with Crippen LogP contribution in [0, 0.1) is 0 Å². The highest BCUT2D eigenvalue weighted by atomic mass is 16.5. The number of methoxy groups -OCH3 is 1. The van der Waals surface area contributed by atoms with Crippen molar-refractivity contribution in [2.75, 3.05) is 18.6 Å². The number of carbonyl (C=O) groups excluding carboxylic acids is 1. The van der Waals surface area contributed by atoms with Crippen LogP contribution in [0.15, 0.2) is 24.3 Å². The van der Waals surface area contributed by atoms with Crippen molar-refractivity contribution >= 4 is 17.2 Å². The average Bonchev–Trinajstić information content (AvgIpc) is 2.36. The van der Waals surface area contributed by atoms with E-state index in [9.17, 15) is 4.79 Å². The molecule has 0 saturated carbocycles. The van der Waals surface area contributed by atoms with Crippen molar-refractivity contribution in [2.45, 2.75) is 33.2 Å². The lowest BCUT2D eigenvalue weighted by molar-refractivity contribution is 0.0601. The molecule has 0 N–H and O–H groups in total. The molecule has 19 heavy (non-hydrogen) atoms. The minimum Gasteiger partial charge on any atom is -0.465 e. The number of ether oxygens (including phenoxy) is 1. The first-order valence-corrected chi connectivity index (χ1v) is 6.61. The summed E-state index contributed by atoms with van der Waals surface area (Å²) in [6, 6.07) is 5.81. The van der Waals surface area contributed by atoms with Crippen LogP contribution in [0.5, 0.6) is 0 Å². The van der Waals surface area contributed by atoms with Crippen molar-refractivity contribution in [2.24, 2.45) is 0 Å². The van der Waals surface area contributed by atoms with Crippen molar-refractivity contribution in [3.05, 3.63) is 35.4 Å². The fourth-order valence-electron chi connectivity index (χ4n) is 2.97. The molecule has 3 nitrogen and oxygen atoms in total. The number of hydrogen-bond acceptors (Lipinski definition) is 3. The van der Waals surface area contributed by atoms with E-state index in [4.69, 9.17) is 4.74 Å². The second kappa shape index (κ2) is 4.72. The van der Waals surface area contributed by atoms with Gasteiger partial charge in [-0.25, -0.2) is 4.79 Å². The zero-order valence-corrected chi connectivity index (χ0v) is 12.3. The van der Waals surface area contributed by atoms with Gasteiger partial charge in [0.05, 0.1) is 23.9 Å². The number of fused-ring (bicyclic) bond motifs is 1.